The lowest BCUT2D eigenvalue weighted by Gasteiger charge is -2.20. The maximum atomic E-state index is 11.6. The summed E-state index contributed by atoms with van der Waals surface area (Å²) in [5.74, 6) is 0.333. The third kappa shape index (κ3) is 7.55. The van der Waals surface area contributed by atoms with E-state index in [1.807, 2.05) is 19.2 Å². The highest BCUT2D eigenvalue weighted by Gasteiger charge is 2.19. The molecule has 0 unspecified atom stereocenters. The lowest BCUT2D eigenvalue weighted by molar-refractivity contribution is -0.145. The van der Waals surface area contributed by atoms with Gasteiger partial charge in [-0.1, -0.05) is 32.3 Å². The number of unbranched alkanes of at least 4 members (excludes halogenated alkanes) is 1. The van der Waals surface area contributed by atoms with Crippen molar-refractivity contribution < 1.29 is 14.6 Å². The molecule has 124 valence electrons. The van der Waals surface area contributed by atoms with Crippen LogP contribution in [0.4, 0.5) is 0 Å². The van der Waals surface area contributed by atoms with Crippen molar-refractivity contribution in [3.63, 3.8) is 0 Å². The van der Waals surface area contributed by atoms with E-state index in [0.717, 1.165) is 44.9 Å². The second kappa shape index (κ2) is 11.2. The minimum atomic E-state index is -0.126. The molecule has 0 saturated heterocycles. The smallest absolute Gasteiger partial charge is 0.308 e. The Balaban J connectivity index is 2.41. The molecule has 0 amide bonds. The molecule has 1 rings (SSSR count). The van der Waals surface area contributed by atoms with Crippen LogP contribution in [0.5, 0.6) is 0 Å². The average molecular weight is 307 g/mol. The van der Waals surface area contributed by atoms with Crippen molar-refractivity contribution in [2.75, 3.05) is 13.7 Å². The highest BCUT2D eigenvalue weighted by Crippen LogP contribution is 2.24. The molecule has 0 radical (unpaired) electrons. The molecular formula is C18H29NO3. The van der Waals surface area contributed by atoms with Gasteiger partial charge < -0.3 is 9.84 Å². The van der Waals surface area contributed by atoms with Gasteiger partial charge in [0.1, 0.15) is 0 Å². The van der Waals surface area contributed by atoms with Gasteiger partial charge in [0, 0.05) is 19.0 Å². The SMILES string of the molecule is COC(=O)[C@H](C)C[C@H](CCCCO)CCCc1cccnc1. The van der Waals surface area contributed by atoms with Gasteiger partial charge in [-0.05, 0) is 43.2 Å². The normalized spacial score (nSPS) is 13.6. The van der Waals surface area contributed by atoms with Crippen LogP contribution in [0.3, 0.4) is 0 Å². The number of esters is 1. The van der Waals surface area contributed by atoms with Crippen molar-refractivity contribution in [2.24, 2.45) is 11.8 Å². The summed E-state index contributed by atoms with van der Waals surface area (Å²) in [4.78, 5) is 15.7. The lowest BCUT2D eigenvalue weighted by atomic mass is 9.87. The largest absolute Gasteiger partial charge is 0.469 e. The van der Waals surface area contributed by atoms with E-state index in [0.29, 0.717) is 5.92 Å². The molecule has 0 aliphatic rings. The molecule has 1 N–H and O–H groups in total. The number of hydrogen-bond acceptors (Lipinski definition) is 4. The molecule has 4 heteroatoms. The zero-order valence-electron chi connectivity index (χ0n) is 13.8. The summed E-state index contributed by atoms with van der Waals surface area (Å²) in [6.07, 6.45) is 10.7. The molecule has 1 aromatic rings. The Kier molecular flexibility index (Phi) is 9.47. The Hall–Kier alpha value is -1.42. The van der Waals surface area contributed by atoms with Crippen LogP contribution < -0.4 is 0 Å². The zero-order valence-corrected chi connectivity index (χ0v) is 13.8. The summed E-state index contributed by atoms with van der Waals surface area (Å²) in [5.41, 5.74) is 1.26. The number of aromatic nitrogens is 1. The summed E-state index contributed by atoms with van der Waals surface area (Å²) in [6.45, 7) is 2.18. The van der Waals surface area contributed by atoms with E-state index in [1.165, 1.54) is 12.7 Å². The number of rotatable bonds is 11. The highest BCUT2D eigenvalue weighted by atomic mass is 16.5. The molecule has 22 heavy (non-hydrogen) atoms. The van der Waals surface area contributed by atoms with E-state index < -0.39 is 0 Å². The number of pyridine rings is 1. The number of carbonyl (C=O) groups excluding carboxylic acids is 1. The van der Waals surface area contributed by atoms with Crippen LogP contribution >= 0.6 is 0 Å². The summed E-state index contributed by atoms with van der Waals surface area (Å²) >= 11 is 0. The van der Waals surface area contributed by atoms with Gasteiger partial charge in [0.05, 0.1) is 13.0 Å². The number of aryl methyl sites for hydroxylation is 1. The monoisotopic (exact) mass is 307 g/mol. The molecule has 0 aliphatic carbocycles. The predicted molar refractivity (Wildman–Crippen MR) is 87.4 cm³/mol. The van der Waals surface area contributed by atoms with Gasteiger partial charge in [-0.2, -0.15) is 0 Å². The van der Waals surface area contributed by atoms with E-state index in [9.17, 15) is 4.79 Å². The van der Waals surface area contributed by atoms with Crippen LogP contribution in [0.1, 0.15) is 51.0 Å². The van der Waals surface area contributed by atoms with Gasteiger partial charge in [-0.3, -0.25) is 9.78 Å². The van der Waals surface area contributed by atoms with Gasteiger partial charge in [0.25, 0.3) is 0 Å². The van der Waals surface area contributed by atoms with Gasteiger partial charge in [-0.15, -0.1) is 0 Å². The fourth-order valence-corrected chi connectivity index (χ4v) is 2.86. The second-order valence-electron chi connectivity index (χ2n) is 6.00. The molecule has 2 atom stereocenters. The molecule has 0 fully saturated rings. The molecule has 4 nitrogen and oxygen atoms in total. The number of carbonyl (C=O) groups is 1. The van der Waals surface area contributed by atoms with Gasteiger partial charge >= 0.3 is 5.97 Å². The van der Waals surface area contributed by atoms with Crippen LogP contribution in [0, 0.1) is 11.8 Å². The Morgan fingerprint density at radius 3 is 2.73 bits per heavy atom. The minimum Gasteiger partial charge on any atom is -0.469 e. The van der Waals surface area contributed by atoms with E-state index in [4.69, 9.17) is 9.84 Å². The van der Waals surface area contributed by atoms with E-state index in [1.54, 1.807) is 6.20 Å². The summed E-state index contributed by atoms with van der Waals surface area (Å²) in [5, 5.41) is 8.93. The number of aliphatic hydroxyl groups is 1. The van der Waals surface area contributed by atoms with Crippen molar-refractivity contribution in [3.05, 3.63) is 30.1 Å². The van der Waals surface area contributed by atoms with Crippen molar-refractivity contribution in [2.45, 2.75) is 51.9 Å². The van der Waals surface area contributed by atoms with Crippen LogP contribution in [0.25, 0.3) is 0 Å². The minimum absolute atomic E-state index is 0.0532. The first-order chi connectivity index (χ1) is 10.7. The first-order valence-corrected chi connectivity index (χ1v) is 8.25. The van der Waals surface area contributed by atoms with Gasteiger partial charge in [0.15, 0.2) is 0 Å². The Morgan fingerprint density at radius 1 is 1.32 bits per heavy atom. The maximum absolute atomic E-state index is 11.6. The first kappa shape index (κ1) is 18.6. The molecule has 0 aliphatic heterocycles. The maximum Gasteiger partial charge on any atom is 0.308 e. The van der Waals surface area contributed by atoms with Gasteiger partial charge in [0.2, 0.25) is 0 Å². The Morgan fingerprint density at radius 2 is 2.09 bits per heavy atom. The van der Waals surface area contributed by atoms with E-state index in [-0.39, 0.29) is 18.5 Å². The summed E-state index contributed by atoms with van der Waals surface area (Å²) in [6, 6.07) is 4.07. The number of aliphatic hydroxyl groups excluding tert-OH is 1. The highest BCUT2D eigenvalue weighted by molar-refractivity contribution is 5.71. The van der Waals surface area contributed by atoms with Crippen molar-refractivity contribution in [3.8, 4) is 0 Å². The standard InChI is InChI=1S/C18H29NO3/c1-15(18(21)22-2)13-16(7-3-4-12-20)8-5-9-17-10-6-11-19-14-17/h6,10-11,14-16,20H,3-5,7-9,12-13H2,1-2H3/t15-,16-/m1/s1. The second-order valence-corrected chi connectivity index (χ2v) is 6.00. The first-order valence-electron chi connectivity index (χ1n) is 8.25. The Labute approximate surface area is 133 Å². The third-order valence-electron chi connectivity index (χ3n) is 4.11. The zero-order chi connectivity index (χ0) is 16.2. The average Bonchev–Trinajstić information content (AvgIpc) is 2.55. The molecule has 0 aromatic carbocycles. The number of nitrogens with zero attached hydrogens (tertiary/aromatic N) is 1. The topological polar surface area (TPSA) is 59.4 Å². The van der Waals surface area contributed by atoms with Crippen molar-refractivity contribution in [1.82, 2.24) is 4.98 Å². The fourth-order valence-electron chi connectivity index (χ4n) is 2.86. The van der Waals surface area contributed by atoms with Crippen LogP contribution in [0.15, 0.2) is 24.5 Å². The van der Waals surface area contributed by atoms with Crippen molar-refractivity contribution >= 4 is 5.97 Å². The number of methoxy groups -OCH3 is 1. The third-order valence-corrected chi connectivity index (χ3v) is 4.11. The summed E-state index contributed by atoms with van der Waals surface area (Å²) in [7, 11) is 1.45. The quantitative estimate of drug-likeness (QED) is 0.503. The van der Waals surface area contributed by atoms with Crippen LogP contribution in [0.2, 0.25) is 0 Å². The van der Waals surface area contributed by atoms with Crippen molar-refractivity contribution in [1.29, 1.82) is 0 Å². The molecular weight excluding hydrogens is 278 g/mol. The van der Waals surface area contributed by atoms with E-state index >= 15 is 0 Å². The molecule has 1 heterocycles. The molecule has 0 bridgehead atoms. The molecule has 0 saturated carbocycles. The van der Waals surface area contributed by atoms with Crippen LogP contribution in [-0.2, 0) is 16.0 Å². The van der Waals surface area contributed by atoms with Crippen LogP contribution in [-0.4, -0.2) is 29.8 Å². The molecule has 1 aromatic heterocycles. The van der Waals surface area contributed by atoms with E-state index in [2.05, 4.69) is 11.1 Å². The summed E-state index contributed by atoms with van der Waals surface area (Å²) < 4.78 is 4.83. The Bertz CT molecular complexity index is 408. The fraction of sp³-hybridized carbons (Fsp3) is 0.667. The number of ether oxygens (including phenoxy) is 1. The predicted octanol–water partition coefficient (Wildman–Crippen LogP) is 3.38. The lowest BCUT2D eigenvalue weighted by Crippen LogP contribution is -2.17. The van der Waals surface area contributed by atoms with Gasteiger partial charge in [-0.25, -0.2) is 0 Å². The number of hydrogen-bond donors (Lipinski definition) is 1. The molecule has 0 spiro atoms.